The Kier molecular flexibility index (Phi) is 5.15. The number of benzene rings is 1. The van der Waals surface area contributed by atoms with Gasteiger partial charge in [0.25, 0.3) is 0 Å². The summed E-state index contributed by atoms with van der Waals surface area (Å²) in [6.07, 6.45) is 0. The van der Waals surface area contributed by atoms with Crippen molar-refractivity contribution < 1.29 is 13.2 Å². The fourth-order valence-electron chi connectivity index (χ4n) is 3.18. The molecule has 3 rings (SSSR count). The molecule has 140 valence electrons. The molecule has 0 amide bonds. The van der Waals surface area contributed by atoms with Crippen molar-refractivity contribution in [3.8, 4) is 5.88 Å². The highest BCUT2D eigenvalue weighted by molar-refractivity contribution is 7.89. The first-order chi connectivity index (χ1) is 12.3. The van der Waals surface area contributed by atoms with Gasteiger partial charge in [-0.05, 0) is 32.4 Å². The van der Waals surface area contributed by atoms with E-state index in [2.05, 4.69) is 14.9 Å². The van der Waals surface area contributed by atoms with Gasteiger partial charge in [0.15, 0.2) is 0 Å². The molecule has 0 spiro atoms. The average molecular weight is 376 g/mol. The van der Waals surface area contributed by atoms with Crippen LogP contribution in [0.15, 0.2) is 29.2 Å². The van der Waals surface area contributed by atoms with Crippen LogP contribution in [0.1, 0.15) is 17.0 Å². The summed E-state index contributed by atoms with van der Waals surface area (Å²) in [6.45, 7) is 7.59. The van der Waals surface area contributed by atoms with E-state index in [0.717, 1.165) is 16.9 Å². The van der Waals surface area contributed by atoms with Crippen molar-refractivity contribution in [3.63, 3.8) is 0 Å². The molecular formula is C18H24N4O3S. The van der Waals surface area contributed by atoms with Gasteiger partial charge in [0.1, 0.15) is 11.6 Å². The van der Waals surface area contributed by atoms with Crippen LogP contribution in [-0.4, -0.2) is 56.0 Å². The zero-order valence-electron chi connectivity index (χ0n) is 15.6. The molecule has 26 heavy (non-hydrogen) atoms. The number of anilines is 1. The van der Waals surface area contributed by atoms with Gasteiger partial charge in [0.05, 0.1) is 12.0 Å². The van der Waals surface area contributed by atoms with Gasteiger partial charge in [-0.15, -0.1) is 0 Å². The van der Waals surface area contributed by atoms with Crippen molar-refractivity contribution in [1.29, 1.82) is 0 Å². The topological polar surface area (TPSA) is 75.6 Å². The first-order valence-electron chi connectivity index (χ1n) is 8.53. The van der Waals surface area contributed by atoms with E-state index in [9.17, 15) is 8.42 Å². The minimum atomic E-state index is -3.49. The Labute approximate surface area is 154 Å². The molecule has 1 saturated heterocycles. The highest BCUT2D eigenvalue weighted by Crippen LogP contribution is 2.24. The van der Waals surface area contributed by atoms with Crippen LogP contribution in [0, 0.1) is 20.8 Å². The molecule has 2 aromatic rings. The summed E-state index contributed by atoms with van der Waals surface area (Å²) in [5.41, 5.74) is 1.84. The molecule has 0 bridgehead atoms. The van der Waals surface area contributed by atoms with Crippen molar-refractivity contribution >= 4 is 15.8 Å². The van der Waals surface area contributed by atoms with Crippen molar-refractivity contribution in [2.24, 2.45) is 0 Å². The van der Waals surface area contributed by atoms with Crippen molar-refractivity contribution in [1.82, 2.24) is 14.3 Å². The van der Waals surface area contributed by atoms with Crippen LogP contribution in [-0.2, 0) is 10.0 Å². The lowest BCUT2D eigenvalue weighted by Gasteiger charge is -2.35. The molecule has 0 unspecified atom stereocenters. The van der Waals surface area contributed by atoms with Gasteiger partial charge >= 0.3 is 0 Å². The Hall–Kier alpha value is -2.19. The van der Waals surface area contributed by atoms with E-state index in [-0.39, 0.29) is 0 Å². The predicted molar refractivity (Wildman–Crippen MR) is 100 cm³/mol. The smallest absolute Gasteiger partial charge is 0.243 e. The minimum absolute atomic E-state index is 0.385. The molecule has 0 saturated carbocycles. The van der Waals surface area contributed by atoms with Crippen LogP contribution in [0.3, 0.4) is 0 Å². The molecule has 1 aromatic carbocycles. The van der Waals surface area contributed by atoms with Gasteiger partial charge < -0.3 is 9.64 Å². The Morgan fingerprint density at radius 3 is 2.31 bits per heavy atom. The van der Waals surface area contributed by atoms with Crippen LogP contribution in [0.5, 0.6) is 5.88 Å². The number of nitrogens with zero attached hydrogens (tertiary/aromatic N) is 4. The Morgan fingerprint density at radius 2 is 1.69 bits per heavy atom. The maximum Gasteiger partial charge on any atom is 0.243 e. The summed E-state index contributed by atoms with van der Waals surface area (Å²) in [5, 5.41) is 0. The maximum absolute atomic E-state index is 13.0. The monoisotopic (exact) mass is 376 g/mol. The molecule has 1 aromatic heterocycles. The number of hydrogen-bond donors (Lipinski definition) is 0. The van der Waals surface area contributed by atoms with E-state index in [1.54, 1.807) is 23.5 Å². The fourth-order valence-corrected chi connectivity index (χ4v) is 4.81. The molecule has 0 atom stereocenters. The average Bonchev–Trinajstić information content (AvgIpc) is 2.61. The number of piperazine rings is 1. The Bertz CT molecular complexity index is 907. The molecule has 2 heterocycles. The maximum atomic E-state index is 13.0. The SMILES string of the molecule is COc1cc(N2CCN(S(=O)(=O)c3ccc(C)cc3C)CC2)nc(C)n1. The van der Waals surface area contributed by atoms with E-state index < -0.39 is 10.0 Å². The number of aryl methyl sites for hydroxylation is 3. The van der Waals surface area contributed by atoms with Gasteiger partial charge in [0.2, 0.25) is 15.9 Å². The zero-order chi connectivity index (χ0) is 18.9. The van der Waals surface area contributed by atoms with Gasteiger partial charge in [-0.2, -0.15) is 9.29 Å². The number of sulfonamides is 1. The van der Waals surface area contributed by atoms with E-state index in [4.69, 9.17) is 4.74 Å². The quantitative estimate of drug-likeness (QED) is 0.812. The first kappa shape index (κ1) is 18.6. The van der Waals surface area contributed by atoms with Crippen LogP contribution in [0.4, 0.5) is 5.82 Å². The van der Waals surface area contributed by atoms with Gasteiger partial charge in [-0.1, -0.05) is 17.7 Å². The number of methoxy groups -OCH3 is 1. The second kappa shape index (κ2) is 7.20. The molecule has 0 radical (unpaired) electrons. The second-order valence-corrected chi connectivity index (χ2v) is 8.38. The van der Waals surface area contributed by atoms with Gasteiger partial charge in [-0.25, -0.2) is 13.4 Å². The van der Waals surface area contributed by atoms with Gasteiger partial charge in [0, 0.05) is 32.2 Å². The largest absolute Gasteiger partial charge is 0.481 e. The molecule has 1 aliphatic rings. The number of ether oxygens (including phenoxy) is 1. The highest BCUT2D eigenvalue weighted by atomic mass is 32.2. The van der Waals surface area contributed by atoms with Crippen molar-refractivity contribution in [2.75, 3.05) is 38.2 Å². The summed E-state index contributed by atoms with van der Waals surface area (Å²) >= 11 is 0. The van der Waals surface area contributed by atoms with Crippen LogP contribution in [0.2, 0.25) is 0 Å². The number of hydrogen-bond acceptors (Lipinski definition) is 6. The van der Waals surface area contributed by atoms with Crippen molar-refractivity contribution in [2.45, 2.75) is 25.7 Å². The third-order valence-corrected chi connectivity index (χ3v) is 6.58. The molecule has 0 N–H and O–H groups in total. The lowest BCUT2D eigenvalue weighted by molar-refractivity contribution is 0.380. The molecular weight excluding hydrogens is 352 g/mol. The van der Waals surface area contributed by atoms with E-state index in [0.29, 0.717) is 42.8 Å². The predicted octanol–water partition coefficient (Wildman–Crippen LogP) is 1.92. The lowest BCUT2D eigenvalue weighted by Crippen LogP contribution is -2.49. The van der Waals surface area contributed by atoms with Crippen LogP contribution in [0.25, 0.3) is 0 Å². The van der Waals surface area contributed by atoms with E-state index in [1.807, 2.05) is 32.9 Å². The zero-order valence-corrected chi connectivity index (χ0v) is 16.4. The second-order valence-electron chi connectivity index (χ2n) is 6.48. The summed E-state index contributed by atoms with van der Waals surface area (Å²) in [5.74, 6) is 1.90. The Balaban J connectivity index is 1.76. The van der Waals surface area contributed by atoms with Crippen molar-refractivity contribution in [3.05, 3.63) is 41.2 Å². The third-order valence-electron chi connectivity index (χ3n) is 4.52. The standard InChI is InChI=1S/C18H24N4O3S/c1-13-5-6-16(14(2)11-13)26(23,24)22-9-7-21(8-10-22)17-12-18(25-4)20-15(3)19-17/h5-6,11-12H,7-10H2,1-4H3. The summed E-state index contributed by atoms with van der Waals surface area (Å²) < 4.78 is 32.7. The number of aromatic nitrogens is 2. The summed E-state index contributed by atoms with van der Waals surface area (Å²) in [4.78, 5) is 11.1. The van der Waals surface area contributed by atoms with Crippen LogP contribution >= 0.6 is 0 Å². The summed E-state index contributed by atoms with van der Waals surface area (Å²) in [7, 11) is -1.92. The normalized spacial score (nSPS) is 15.9. The highest BCUT2D eigenvalue weighted by Gasteiger charge is 2.30. The fraction of sp³-hybridized carbons (Fsp3) is 0.444. The van der Waals surface area contributed by atoms with E-state index in [1.165, 1.54) is 0 Å². The van der Waals surface area contributed by atoms with E-state index >= 15 is 0 Å². The summed E-state index contributed by atoms with van der Waals surface area (Å²) in [6, 6.07) is 7.22. The molecule has 7 nitrogen and oxygen atoms in total. The molecule has 8 heteroatoms. The number of rotatable bonds is 4. The third kappa shape index (κ3) is 3.66. The molecule has 0 aliphatic carbocycles. The lowest BCUT2D eigenvalue weighted by atomic mass is 10.2. The Morgan fingerprint density at radius 1 is 1.00 bits per heavy atom. The molecule has 1 fully saturated rings. The minimum Gasteiger partial charge on any atom is -0.481 e. The molecule has 1 aliphatic heterocycles. The van der Waals surface area contributed by atoms with Crippen LogP contribution < -0.4 is 9.64 Å². The first-order valence-corrected chi connectivity index (χ1v) is 9.97. The van der Waals surface area contributed by atoms with Gasteiger partial charge in [-0.3, -0.25) is 0 Å².